The van der Waals surface area contributed by atoms with Gasteiger partial charge < -0.3 is 16.3 Å². The Morgan fingerprint density at radius 3 is 2.11 bits per heavy atom. The van der Waals surface area contributed by atoms with Crippen LogP contribution in [0.1, 0.15) is 20.3 Å². The van der Waals surface area contributed by atoms with Gasteiger partial charge in [0, 0.05) is 0 Å². The van der Waals surface area contributed by atoms with Crippen molar-refractivity contribution in [1.82, 2.24) is 0 Å². The fourth-order valence-electron chi connectivity index (χ4n) is 0.151. The fraction of sp³-hybridized carbons (Fsp3) is 0.800. The number of carboxylic acid groups (broad SMARTS) is 1. The number of carboxylic acids is 1. The summed E-state index contributed by atoms with van der Waals surface area (Å²) in [6, 6.07) is 0. The largest absolute Gasteiger partial charge is 0.480 e. The minimum absolute atomic E-state index is 0. The normalized spacial score (nSPS) is 15.4. The molecule has 0 unspecified atom stereocenters. The first kappa shape index (κ1) is 11.2. The van der Waals surface area contributed by atoms with Crippen molar-refractivity contribution in [2.24, 2.45) is 5.73 Å². The van der Waals surface area contributed by atoms with Crippen LogP contribution in [-0.2, 0) is 4.79 Å². The third-order valence-electron chi connectivity index (χ3n) is 1.22. The highest BCUT2D eigenvalue weighted by Crippen LogP contribution is 2.02. The van der Waals surface area contributed by atoms with Crippen molar-refractivity contribution in [3.8, 4) is 0 Å². The summed E-state index contributed by atoms with van der Waals surface area (Å²) in [5, 5.41) is 8.32. The Kier molecular flexibility index (Phi) is 4.27. The Morgan fingerprint density at radius 2 is 2.11 bits per heavy atom. The van der Waals surface area contributed by atoms with Crippen molar-refractivity contribution in [3.63, 3.8) is 0 Å². The smallest absolute Gasteiger partial charge is 0.323 e. The summed E-state index contributed by atoms with van der Waals surface area (Å²) in [7, 11) is 0. The highest BCUT2D eigenvalue weighted by molar-refractivity contribution is 5.77. The first-order valence-corrected chi connectivity index (χ1v) is 2.53. The summed E-state index contributed by atoms with van der Waals surface area (Å²) in [6.45, 7) is 3.24. The molecule has 0 amide bonds. The maximum Gasteiger partial charge on any atom is 0.323 e. The number of nitrogens with two attached hydrogens (primary N) is 1. The number of aliphatic carboxylic acids is 1. The third-order valence-corrected chi connectivity index (χ3v) is 1.22. The third kappa shape index (κ3) is 3.05. The molecule has 0 aromatic rings. The van der Waals surface area contributed by atoms with E-state index in [1.165, 1.54) is 6.92 Å². The van der Waals surface area contributed by atoms with Gasteiger partial charge in [-0.2, -0.15) is 0 Å². The Bertz CT molecular complexity index is 100. The van der Waals surface area contributed by atoms with Crippen molar-refractivity contribution in [3.05, 3.63) is 0 Å². The van der Waals surface area contributed by atoms with Crippen LogP contribution in [0.25, 0.3) is 0 Å². The number of hydrogen-bond donors (Lipinski definition) is 2. The summed E-state index contributed by atoms with van der Waals surface area (Å²) in [4.78, 5) is 10.1. The van der Waals surface area contributed by atoms with E-state index < -0.39 is 11.5 Å². The number of carbonyl (C=O) groups is 1. The molecule has 5 N–H and O–H groups in total. The van der Waals surface area contributed by atoms with Gasteiger partial charge in [0.2, 0.25) is 0 Å². The van der Waals surface area contributed by atoms with Gasteiger partial charge in [-0.3, -0.25) is 4.79 Å². The van der Waals surface area contributed by atoms with Crippen LogP contribution in [0.5, 0.6) is 0 Å². The van der Waals surface area contributed by atoms with Gasteiger partial charge in [0.05, 0.1) is 0 Å². The van der Waals surface area contributed by atoms with E-state index in [2.05, 4.69) is 0 Å². The second-order valence-corrected chi connectivity index (χ2v) is 2.08. The standard InChI is InChI=1S/C5H11NO2.H2O/c1-3-5(2,6)4(7)8;/h3,6H2,1-2H3,(H,7,8);1H2/t5-;/m1./s1. The van der Waals surface area contributed by atoms with Gasteiger partial charge in [0.15, 0.2) is 0 Å². The van der Waals surface area contributed by atoms with Crippen molar-refractivity contribution in [2.45, 2.75) is 25.8 Å². The van der Waals surface area contributed by atoms with Crippen LogP contribution in [0.2, 0.25) is 0 Å². The number of hydrogen-bond acceptors (Lipinski definition) is 2. The Hall–Kier alpha value is -0.610. The minimum Gasteiger partial charge on any atom is -0.480 e. The number of rotatable bonds is 2. The molecule has 0 aliphatic rings. The zero-order valence-corrected chi connectivity index (χ0v) is 5.64. The molecule has 0 bridgehead atoms. The second-order valence-electron chi connectivity index (χ2n) is 2.08. The summed E-state index contributed by atoms with van der Waals surface area (Å²) < 4.78 is 0. The van der Waals surface area contributed by atoms with Crippen LogP contribution in [-0.4, -0.2) is 22.1 Å². The summed E-state index contributed by atoms with van der Waals surface area (Å²) in [6.07, 6.45) is 0.461. The first-order valence-electron chi connectivity index (χ1n) is 2.53. The minimum atomic E-state index is -1.04. The van der Waals surface area contributed by atoms with Crippen molar-refractivity contribution in [2.75, 3.05) is 0 Å². The van der Waals surface area contributed by atoms with Crippen LogP contribution in [0.15, 0.2) is 0 Å². The zero-order valence-electron chi connectivity index (χ0n) is 5.64. The van der Waals surface area contributed by atoms with Crippen LogP contribution < -0.4 is 5.73 Å². The van der Waals surface area contributed by atoms with Gasteiger partial charge in [-0.1, -0.05) is 6.92 Å². The molecule has 9 heavy (non-hydrogen) atoms. The molecule has 0 aliphatic carbocycles. The van der Waals surface area contributed by atoms with Crippen LogP contribution in [0.4, 0.5) is 0 Å². The first-order chi connectivity index (χ1) is 3.50. The van der Waals surface area contributed by atoms with E-state index in [4.69, 9.17) is 10.8 Å². The molecule has 4 heteroatoms. The van der Waals surface area contributed by atoms with Gasteiger partial charge in [0.25, 0.3) is 0 Å². The molecule has 0 spiro atoms. The summed E-state index contributed by atoms with van der Waals surface area (Å²) in [5.41, 5.74) is 4.22. The van der Waals surface area contributed by atoms with Gasteiger partial charge in [-0.25, -0.2) is 0 Å². The molecule has 0 radical (unpaired) electrons. The zero-order chi connectivity index (χ0) is 6.78. The molecule has 0 fully saturated rings. The van der Waals surface area contributed by atoms with E-state index >= 15 is 0 Å². The van der Waals surface area contributed by atoms with E-state index in [1.807, 2.05) is 0 Å². The van der Waals surface area contributed by atoms with Gasteiger partial charge in [-0.05, 0) is 13.3 Å². The lowest BCUT2D eigenvalue weighted by molar-refractivity contribution is -0.142. The highest BCUT2D eigenvalue weighted by Gasteiger charge is 2.24. The van der Waals surface area contributed by atoms with E-state index in [-0.39, 0.29) is 5.48 Å². The van der Waals surface area contributed by atoms with E-state index in [9.17, 15) is 4.79 Å². The van der Waals surface area contributed by atoms with Gasteiger partial charge >= 0.3 is 5.97 Å². The topological polar surface area (TPSA) is 94.8 Å². The lowest BCUT2D eigenvalue weighted by Gasteiger charge is -2.14. The molecular weight excluding hydrogens is 122 g/mol. The molecule has 0 aliphatic heterocycles. The summed E-state index contributed by atoms with van der Waals surface area (Å²) in [5.74, 6) is -0.944. The average molecular weight is 135 g/mol. The monoisotopic (exact) mass is 135 g/mol. The average Bonchev–Trinajstić information content (AvgIpc) is 1.67. The molecule has 0 rings (SSSR count). The van der Waals surface area contributed by atoms with Crippen molar-refractivity contribution >= 4 is 5.97 Å². The van der Waals surface area contributed by atoms with Crippen molar-refractivity contribution < 1.29 is 15.4 Å². The molecule has 0 saturated heterocycles. The molecule has 0 aromatic heterocycles. The Morgan fingerprint density at radius 1 is 1.78 bits per heavy atom. The van der Waals surface area contributed by atoms with E-state index in [0.29, 0.717) is 6.42 Å². The van der Waals surface area contributed by atoms with Crippen LogP contribution in [0, 0.1) is 0 Å². The molecule has 0 saturated carbocycles. The predicted molar refractivity (Wildman–Crippen MR) is 34.1 cm³/mol. The molecule has 0 aromatic carbocycles. The van der Waals surface area contributed by atoms with Gasteiger partial charge in [0.1, 0.15) is 5.54 Å². The van der Waals surface area contributed by atoms with Crippen LogP contribution >= 0.6 is 0 Å². The maximum atomic E-state index is 10.1. The van der Waals surface area contributed by atoms with Crippen LogP contribution in [0.3, 0.4) is 0 Å². The lowest BCUT2D eigenvalue weighted by Crippen LogP contribution is -2.43. The molecule has 4 nitrogen and oxygen atoms in total. The predicted octanol–water partition coefficient (Wildman–Crippen LogP) is -0.626. The molecule has 1 atom stereocenters. The van der Waals surface area contributed by atoms with E-state index in [0.717, 1.165) is 0 Å². The molecule has 0 heterocycles. The molecular formula is C5H13NO3. The molecule has 56 valence electrons. The van der Waals surface area contributed by atoms with Gasteiger partial charge in [-0.15, -0.1) is 0 Å². The quantitative estimate of drug-likeness (QED) is 0.528. The SMILES string of the molecule is CC[C@@](C)(N)C(=O)O.O. The Labute approximate surface area is 54.0 Å². The van der Waals surface area contributed by atoms with E-state index in [1.54, 1.807) is 6.92 Å². The second kappa shape index (κ2) is 3.42. The fourth-order valence-corrected chi connectivity index (χ4v) is 0.151. The van der Waals surface area contributed by atoms with Crippen molar-refractivity contribution in [1.29, 1.82) is 0 Å². The highest BCUT2D eigenvalue weighted by atomic mass is 16.4. The lowest BCUT2D eigenvalue weighted by atomic mass is 10.0. The maximum absolute atomic E-state index is 10.1. The Balaban J connectivity index is 0. The summed E-state index contributed by atoms with van der Waals surface area (Å²) >= 11 is 0.